The van der Waals surface area contributed by atoms with Crippen LogP contribution in [-0.2, 0) is 20.0 Å². The highest BCUT2D eigenvalue weighted by atomic mass is 32.2. The molecule has 1 aliphatic heterocycles. The van der Waals surface area contributed by atoms with Crippen molar-refractivity contribution in [3.8, 4) is 5.75 Å². The van der Waals surface area contributed by atoms with E-state index in [1.807, 2.05) is 0 Å². The summed E-state index contributed by atoms with van der Waals surface area (Å²) >= 11 is 0. The zero-order chi connectivity index (χ0) is 20.0. The maximum absolute atomic E-state index is 15.0. The Morgan fingerprint density at radius 2 is 1.74 bits per heavy atom. The summed E-state index contributed by atoms with van der Waals surface area (Å²) in [5.74, 6) is -0.342. The van der Waals surface area contributed by atoms with Gasteiger partial charge in [-0.15, -0.1) is 0 Å². The molecule has 0 radical (unpaired) electrons. The Balaban J connectivity index is 2.11. The van der Waals surface area contributed by atoms with E-state index in [0.717, 1.165) is 12.1 Å². The molecule has 1 aliphatic rings. The van der Waals surface area contributed by atoms with Crippen molar-refractivity contribution in [1.82, 2.24) is 0 Å². The van der Waals surface area contributed by atoms with Crippen LogP contribution in [0.1, 0.15) is 18.9 Å². The number of halogens is 2. The third-order valence-electron chi connectivity index (χ3n) is 4.92. The van der Waals surface area contributed by atoms with E-state index in [0.29, 0.717) is 5.69 Å². The Morgan fingerprint density at radius 1 is 1.11 bits per heavy atom. The van der Waals surface area contributed by atoms with Crippen LogP contribution in [0.15, 0.2) is 53.4 Å². The number of carbonyl (C=O) groups excluding carboxylic acids is 1. The van der Waals surface area contributed by atoms with Gasteiger partial charge in [-0.25, -0.2) is 8.42 Å². The zero-order valence-corrected chi connectivity index (χ0v) is 15.9. The number of carbonyl (C=O) groups is 1. The minimum absolute atomic E-state index is 0.264. The number of sulfone groups is 1. The highest BCUT2D eigenvalue weighted by Gasteiger charge is 2.58. The Kier molecular flexibility index (Phi) is 4.50. The maximum atomic E-state index is 15.0. The zero-order valence-electron chi connectivity index (χ0n) is 15.1. The predicted octanol–water partition coefficient (Wildman–Crippen LogP) is 3.39. The first-order valence-corrected chi connectivity index (χ1v) is 9.68. The number of methoxy groups -OCH3 is 1. The van der Waals surface area contributed by atoms with Gasteiger partial charge >= 0.3 is 5.25 Å². The molecule has 2 aromatic rings. The molecule has 0 aliphatic carbocycles. The van der Waals surface area contributed by atoms with Gasteiger partial charge in [0.15, 0.2) is 0 Å². The van der Waals surface area contributed by atoms with Crippen molar-refractivity contribution in [2.24, 2.45) is 0 Å². The van der Waals surface area contributed by atoms with Gasteiger partial charge in [-0.05, 0) is 31.2 Å². The molecule has 0 aromatic heterocycles. The second kappa shape index (κ2) is 6.30. The summed E-state index contributed by atoms with van der Waals surface area (Å²) in [4.78, 5) is 13.6. The lowest BCUT2D eigenvalue weighted by Gasteiger charge is -2.29. The fraction of sp³-hybridized carbons (Fsp3) is 0.316. The standard InChI is InChI=1S/C19H19F2NO4S/c1-18(12-19(20,21)27(24,25)13-8-5-4-6-9-13)16-14(22(2)17(18)23)10-7-11-15(16)26-3/h4-11H,12H2,1-3H3. The molecular weight excluding hydrogens is 376 g/mol. The largest absolute Gasteiger partial charge is 0.496 e. The number of amides is 1. The van der Waals surface area contributed by atoms with Crippen molar-refractivity contribution in [3.05, 3.63) is 54.1 Å². The molecular formula is C19H19F2NO4S. The second-order valence-electron chi connectivity index (χ2n) is 6.68. The molecule has 1 heterocycles. The van der Waals surface area contributed by atoms with Gasteiger partial charge in [0.1, 0.15) is 5.75 Å². The van der Waals surface area contributed by atoms with Crippen molar-refractivity contribution in [2.75, 3.05) is 19.1 Å². The van der Waals surface area contributed by atoms with Gasteiger partial charge < -0.3 is 9.64 Å². The topological polar surface area (TPSA) is 63.7 Å². The molecule has 27 heavy (non-hydrogen) atoms. The summed E-state index contributed by atoms with van der Waals surface area (Å²) in [5.41, 5.74) is -1.06. The smallest absolute Gasteiger partial charge is 0.351 e. The Bertz CT molecular complexity index is 992. The van der Waals surface area contributed by atoms with Gasteiger partial charge in [0, 0.05) is 19.0 Å². The lowest BCUT2D eigenvalue weighted by atomic mass is 9.80. The average molecular weight is 395 g/mol. The SMILES string of the molecule is COc1cccc2c1C(C)(CC(F)(F)S(=O)(=O)c1ccccc1)C(=O)N2C. The van der Waals surface area contributed by atoms with Crippen LogP contribution >= 0.6 is 0 Å². The van der Waals surface area contributed by atoms with Gasteiger partial charge in [0.2, 0.25) is 15.7 Å². The summed E-state index contributed by atoms with van der Waals surface area (Å²) in [6, 6.07) is 11.3. The quantitative estimate of drug-likeness (QED) is 0.779. The van der Waals surface area contributed by atoms with Crippen LogP contribution in [0.5, 0.6) is 5.75 Å². The first kappa shape index (κ1) is 19.3. The molecule has 0 saturated heterocycles. The Hall–Kier alpha value is -2.48. The molecule has 3 rings (SSSR count). The van der Waals surface area contributed by atoms with Crippen molar-refractivity contribution >= 4 is 21.4 Å². The lowest BCUT2D eigenvalue weighted by Crippen LogP contribution is -2.43. The van der Waals surface area contributed by atoms with Gasteiger partial charge in [-0.2, -0.15) is 8.78 Å². The minimum atomic E-state index is -4.97. The predicted molar refractivity (Wildman–Crippen MR) is 96.9 cm³/mol. The third-order valence-corrected chi connectivity index (χ3v) is 6.74. The van der Waals surface area contributed by atoms with Crippen LogP contribution in [0.2, 0.25) is 0 Å². The fourth-order valence-corrected chi connectivity index (χ4v) is 4.89. The summed E-state index contributed by atoms with van der Waals surface area (Å²) < 4.78 is 60.4. The van der Waals surface area contributed by atoms with Crippen LogP contribution in [0.25, 0.3) is 0 Å². The number of hydrogen-bond donors (Lipinski definition) is 0. The van der Waals surface area contributed by atoms with Gasteiger partial charge in [-0.3, -0.25) is 4.79 Å². The molecule has 0 fully saturated rings. The van der Waals surface area contributed by atoms with E-state index in [2.05, 4.69) is 0 Å². The van der Waals surface area contributed by atoms with Crippen LogP contribution < -0.4 is 9.64 Å². The normalized spacial score (nSPS) is 19.9. The first-order valence-electron chi connectivity index (χ1n) is 8.19. The van der Waals surface area contributed by atoms with E-state index < -0.39 is 37.7 Å². The molecule has 144 valence electrons. The molecule has 2 aromatic carbocycles. The average Bonchev–Trinajstić information content (AvgIpc) is 2.83. The molecule has 8 heteroatoms. The summed E-state index contributed by atoms with van der Waals surface area (Å²) in [5, 5.41) is -4.15. The number of nitrogens with zero attached hydrogens (tertiary/aromatic N) is 1. The molecule has 5 nitrogen and oxygen atoms in total. The minimum Gasteiger partial charge on any atom is -0.496 e. The number of hydrogen-bond acceptors (Lipinski definition) is 4. The number of alkyl halides is 2. The molecule has 1 amide bonds. The van der Waals surface area contributed by atoms with Crippen LogP contribution in [0.3, 0.4) is 0 Å². The Labute approximate surface area is 156 Å². The van der Waals surface area contributed by atoms with E-state index in [1.54, 1.807) is 18.2 Å². The number of likely N-dealkylation sites (N-methyl/N-ethyl adjacent to an activating group) is 1. The monoisotopic (exact) mass is 395 g/mol. The Morgan fingerprint density at radius 3 is 2.33 bits per heavy atom. The second-order valence-corrected chi connectivity index (χ2v) is 8.76. The number of anilines is 1. The molecule has 0 bridgehead atoms. The van der Waals surface area contributed by atoms with Crippen molar-refractivity contribution < 1.29 is 26.7 Å². The van der Waals surface area contributed by atoms with Crippen molar-refractivity contribution in [1.29, 1.82) is 0 Å². The molecule has 1 atom stereocenters. The van der Waals surface area contributed by atoms with Crippen molar-refractivity contribution in [3.63, 3.8) is 0 Å². The van der Waals surface area contributed by atoms with E-state index in [-0.39, 0.29) is 11.3 Å². The molecule has 0 spiro atoms. The van der Waals surface area contributed by atoms with Gasteiger partial charge in [-0.1, -0.05) is 24.3 Å². The lowest BCUT2D eigenvalue weighted by molar-refractivity contribution is -0.124. The van der Waals surface area contributed by atoms with Gasteiger partial charge in [0.05, 0.1) is 23.1 Å². The molecule has 0 saturated carbocycles. The number of ether oxygens (including phenoxy) is 1. The summed E-state index contributed by atoms with van der Waals surface area (Å²) in [7, 11) is -2.13. The van der Waals surface area contributed by atoms with E-state index in [1.165, 1.54) is 44.2 Å². The molecule has 0 N–H and O–H groups in total. The van der Waals surface area contributed by atoms with E-state index in [4.69, 9.17) is 4.74 Å². The van der Waals surface area contributed by atoms with Crippen LogP contribution in [-0.4, -0.2) is 33.7 Å². The summed E-state index contributed by atoms with van der Waals surface area (Å²) in [6.07, 6.45) is -1.19. The van der Waals surface area contributed by atoms with Crippen LogP contribution in [0, 0.1) is 0 Å². The number of benzene rings is 2. The van der Waals surface area contributed by atoms with Crippen molar-refractivity contribution in [2.45, 2.75) is 28.9 Å². The van der Waals surface area contributed by atoms with Gasteiger partial charge in [0.25, 0.3) is 0 Å². The summed E-state index contributed by atoms with van der Waals surface area (Å²) in [6.45, 7) is 1.33. The highest BCUT2D eigenvalue weighted by molar-refractivity contribution is 7.92. The number of fused-ring (bicyclic) bond motifs is 1. The maximum Gasteiger partial charge on any atom is 0.351 e. The highest BCUT2D eigenvalue weighted by Crippen LogP contribution is 2.51. The third kappa shape index (κ3) is 2.79. The first-order chi connectivity index (χ1) is 12.6. The fourth-order valence-electron chi connectivity index (χ4n) is 3.55. The van der Waals surface area contributed by atoms with Crippen LogP contribution in [0.4, 0.5) is 14.5 Å². The van der Waals surface area contributed by atoms with E-state index >= 15 is 8.78 Å². The molecule has 1 unspecified atom stereocenters. The van der Waals surface area contributed by atoms with E-state index in [9.17, 15) is 13.2 Å². The number of rotatable bonds is 5.